The molecule has 0 unspecified atom stereocenters. The van der Waals surface area contributed by atoms with Crippen molar-refractivity contribution in [1.29, 1.82) is 0 Å². The van der Waals surface area contributed by atoms with E-state index in [1.54, 1.807) is 7.11 Å². The Morgan fingerprint density at radius 2 is 1.77 bits per heavy atom. The highest BCUT2D eigenvalue weighted by Gasteiger charge is 2.09. The van der Waals surface area contributed by atoms with Crippen molar-refractivity contribution in [3.8, 4) is 17.0 Å². The minimum absolute atomic E-state index is 0. The molecule has 1 N–H and O–H groups in total. The lowest BCUT2D eigenvalue weighted by molar-refractivity contribution is -0.688. The van der Waals surface area contributed by atoms with Crippen LogP contribution in [0.2, 0.25) is 0 Å². The van der Waals surface area contributed by atoms with Gasteiger partial charge in [-0.15, -0.1) is 23.1 Å². The minimum Gasteiger partial charge on any atom is -1.00 e. The summed E-state index contributed by atoms with van der Waals surface area (Å²) in [5.41, 5.74) is 3.15. The van der Waals surface area contributed by atoms with Crippen molar-refractivity contribution in [3.05, 3.63) is 90.1 Å². The van der Waals surface area contributed by atoms with Gasteiger partial charge in [0.1, 0.15) is 5.75 Å². The van der Waals surface area contributed by atoms with E-state index in [-0.39, 0.29) is 18.3 Å². The Labute approximate surface area is 221 Å². The summed E-state index contributed by atoms with van der Waals surface area (Å²) in [7, 11) is 1.65. The Kier molecular flexibility index (Phi) is 10.6. The maximum absolute atomic E-state index is 12.3. The molecule has 182 valence electrons. The van der Waals surface area contributed by atoms with Crippen LogP contribution in [0.5, 0.6) is 5.75 Å². The number of halogens is 1. The second-order valence-corrected chi connectivity index (χ2v) is 9.84. The molecule has 0 aliphatic heterocycles. The van der Waals surface area contributed by atoms with Gasteiger partial charge in [-0.2, -0.15) is 0 Å². The molecule has 0 bridgehead atoms. The van der Waals surface area contributed by atoms with Crippen LogP contribution < -0.4 is 27.0 Å². The van der Waals surface area contributed by atoms with Gasteiger partial charge in [0.15, 0.2) is 24.1 Å². The number of aromatic nitrogens is 2. The van der Waals surface area contributed by atoms with Gasteiger partial charge < -0.3 is 22.5 Å². The van der Waals surface area contributed by atoms with E-state index in [9.17, 15) is 4.79 Å². The first-order valence-electron chi connectivity index (χ1n) is 11.3. The number of amides is 1. The van der Waals surface area contributed by atoms with Crippen molar-refractivity contribution in [3.63, 3.8) is 0 Å². The standard InChI is InChI=1S/C27H27N3O2S2.ClH/c1-32-23-12-10-22(11-13-23)25-20-34-27(28-25)29-26(31)9-5-6-18-33-24-14-16-30(17-15-24)19-21-7-3-2-4-8-21;/h2-4,7-8,10-17,20H,5-6,9,18-19H2,1H3;1H. The molecule has 2 heterocycles. The number of hydrogen-bond acceptors (Lipinski definition) is 5. The lowest BCUT2D eigenvalue weighted by Gasteiger charge is -2.03. The van der Waals surface area contributed by atoms with E-state index >= 15 is 0 Å². The van der Waals surface area contributed by atoms with Crippen LogP contribution in [0.25, 0.3) is 11.3 Å². The Hall–Kier alpha value is -2.87. The molecular formula is C27H28ClN3O2S2. The number of anilines is 1. The summed E-state index contributed by atoms with van der Waals surface area (Å²) in [5, 5.41) is 5.52. The van der Waals surface area contributed by atoms with Crippen molar-refractivity contribution in [2.75, 3.05) is 18.2 Å². The summed E-state index contributed by atoms with van der Waals surface area (Å²) in [6, 6.07) is 22.5. The van der Waals surface area contributed by atoms with Crippen molar-refractivity contribution in [1.82, 2.24) is 4.98 Å². The largest absolute Gasteiger partial charge is 1.00 e. The molecule has 4 rings (SSSR count). The molecule has 1 amide bonds. The van der Waals surface area contributed by atoms with Crippen LogP contribution in [0.4, 0.5) is 5.13 Å². The van der Waals surface area contributed by atoms with Gasteiger partial charge in [-0.25, -0.2) is 9.55 Å². The van der Waals surface area contributed by atoms with Gasteiger partial charge in [0.2, 0.25) is 5.91 Å². The van der Waals surface area contributed by atoms with Crippen molar-refractivity contribution in [2.45, 2.75) is 30.7 Å². The lowest BCUT2D eigenvalue weighted by Crippen LogP contribution is -3.00. The first-order chi connectivity index (χ1) is 16.7. The fourth-order valence-corrected chi connectivity index (χ4v) is 5.06. The van der Waals surface area contributed by atoms with E-state index < -0.39 is 0 Å². The summed E-state index contributed by atoms with van der Waals surface area (Å²) in [6.07, 6.45) is 6.60. The number of rotatable bonds is 11. The molecule has 2 aromatic carbocycles. The number of hydrogen-bond donors (Lipinski definition) is 1. The molecule has 2 aromatic heterocycles. The number of unbranched alkanes of at least 4 members (excludes halogenated alkanes) is 1. The van der Waals surface area contributed by atoms with Gasteiger partial charge in [-0.05, 0) is 42.9 Å². The van der Waals surface area contributed by atoms with Crippen LogP contribution in [-0.4, -0.2) is 23.8 Å². The Morgan fingerprint density at radius 3 is 2.49 bits per heavy atom. The molecule has 0 saturated carbocycles. The van der Waals surface area contributed by atoms with E-state index in [0.29, 0.717) is 11.6 Å². The summed E-state index contributed by atoms with van der Waals surface area (Å²) in [6.45, 7) is 0.877. The number of carbonyl (C=O) groups excluding carboxylic acids is 1. The number of thiazole rings is 1. The highest BCUT2D eigenvalue weighted by atomic mass is 35.5. The second kappa shape index (κ2) is 13.9. The summed E-state index contributed by atoms with van der Waals surface area (Å²) in [4.78, 5) is 18.1. The molecule has 35 heavy (non-hydrogen) atoms. The number of methoxy groups -OCH3 is 1. The minimum atomic E-state index is 0. The first-order valence-corrected chi connectivity index (χ1v) is 13.1. The summed E-state index contributed by atoms with van der Waals surface area (Å²) in [5.74, 6) is 1.82. The van der Waals surface area contributed by atoms with Crippen molar-refractivity contribution < 1.29 is 26.5 Å². The monoisotopic (exact) mass is 525 g/mol. The lowest BCUT2D eigenvalue weighted by atomic mass is 10.2. The van der Waals surface area contributed by atoms with Gasteiger partial charge in [0.05, 0.1) is 12.8 Å². The second-order valence-electron chi connectivity index (χ2n) is 7.81. The fraction of sp³-hybridized carbons (Fsp3) is 0.222. The highest BCUT2D eigenvalue weighted by Crippen LogP contribution is 2.26. The van der Waals surface area contributed by atoms with Crippen molar-refractivity contribution in [2.24, 2.45) is 0 Å². The number of ether oxygens (including phenoxy) is 1. The molecule has 0 aliphatic rings. The Morgan fingerprint density at radius 1 is 1.03 bits per heavy atom. The zero-order chi connectivity index (χ0) is 23.6. The molecule has 0 saturated heterocycles. The average Bonchev–Trinajstić information content (AvgIpc) is 3.34. The summed E-state index contributed by atoms with van der Waals surface area (Å²) >= 11 is 3.28. The van der Waals surface area contributed by atoms with Gasteiger partial charge in [-0.1, -0.05) is 30.3 Å². The predicted octanol–water partition coefficient (Wildman–Crippen LogP) is 3.06. The van der Waals surface area contributed by atoms with Crippen LogP contribution in [-0.2, 0) is 11.3 Å². The van der Waals surface area contributed by atoms with E-state index in [2.05, 4.69) is 63.7 Å². The van der Waals surface area contributed by atoms with Crippen LogP contribution in [0.1, 0.15) is 24.8 Å². The SMILES string of the molecule is COc1ccc(-c2csc(NC(=O)CCCCSc3cc[n+](Cc4ccccc4)cc3)n2)cc1.[Cl-]. The van der Waals surface area contributed by atoms with Crippen LogP contribution in [0.15, 0.2) is 89.4 Å². The molecular weight excluding hydrogens is 498 g/mol. The molecule has 0 aliphatic carbocycles. The topological polar surface area (TPSA) is 55.1 Å². The highest BCUT2D eigenvalue weighted by molar-refractivity contribution is 7.99. The van der Waals surface area contributed by atoms with Gasteiger partial charge >= 0.3 is 0 Å². The van der Waals surface area contributed by atoms with E-state index in [4.69, 9.17) is 4.74 Å². The van der Waals surface area contributed by atoms with E-state index in [1.807, 2.05) is 47.5 Å². The predicted molar refractivity (Wildman–Crippen MR) is 139 cm³/mol. The third kappa shape index (κ3) is 8.38. The number of pyridine rings is 1. The van der Waals surface area contributed by atoms with Gasteiger partial charge in [0.25, 0.3) is 0 Å². The maximum Gasteiger partial charge on any atom is 0.226 e. The zero-order valence-electron chi connectivity index (χ0n) is 19.5. The normalized spacial score (nSPS) is 10.4. The number of nitrogens with one attached hydrogen (secondary N) is 1. The zero-order valence-corrected chi connectivity index (χ0v) is 21.9. The Bertz CT molecular complexity index is 1180. The number of carbonyl (C=O) groups is 1. The molecule has 0 spiro atoms. The molecule has 5 nitrogen and oxygen atoms in total. The maximum atomic E-state index is 12.3. The smallest absolute Gasteiger partial charge is 0.226 e. The third-order valence-corrected chi connectivity index (χ3v) is 7.13. The third-order valence-electron chi connectivity index (χ3n) is 5.27. The molecule has 0 radical (unpaired) electrons. The molecule has 0 atom stereocenters. The van der Waals surface area contributed by atoms with Crippen molar-refractivity contribution >= 4 is 34.1 Å². The number of benzene rings is 2. The molecule has 4 aromatic rings. The fourth-order valence-electron chi connectivity index (χ4n) is 3.42. The average molecular weight is 526 g/mol. The van der Waals surface area contributed by atoms with Crippen LogP contribution in [0.3, 0.4) is 0 Å². The number of thioether (sulfide) groups is 1. The van der Waals surface area contributed by atoms with Gasteiger partial charge in [-0.3, -0.25) is 4.79 Å². The quantitative estimate of drug-likeness (QED) is 0.186. The molecule has 8 heteroatoms. The molecule has 0 fully saturated rings. The van der Waals surface area contributed by atoms with E-state index in [0.717, 1.165) is 42.1 Å². The van der Waals surface area contributed by atoms with Gasteiger partial charge in [0, 0.05) is 40.0 Å². The van der Waals surface area contributed by atoms with Crippen LogP contribution in [0, 0.1) is 0 Å². The number of nitrogens with zero attached hydrogens (tertiary/aromatic N) is 2. The first kappa shape index (κ1) is 26.7. The summed E-state index contributed by atoms with van der Waals surface area (Å²) < 4.78 is 7.37. The van der Waals surface area contributed by atoms with E-state index in [1.165, 1.54) is 21.8 Å². The Balaban J connectivity index is 0.00000342. The van der Waals surface area contributed by atoms with Crippen LogP contribution >= 0.6 is 23.1 Å².